The fourth-order valence-corrected chi connectivity index (χ4v) is 1.01. The van der Waals surface area contributed by atoms with Crippen molar-refractivity contribution < 1.29 is 10.0 Å². The summed E-state index contributed by atoms with van der Waals surface area (Å²) >= 11 is 3.13. The average molecular weight is 205 g/mol. The highest BCUT2D eigenvalue weighted by Gasteiger charge is 2.17. The van der Waals surface area contributed by atoms with Crippen LogP contribution < -0.4 is 5.46 Å². The van der Waals surface area contributed by atoms with E-state index in [1.54, 1.807) is 7.05 Å². The van der Waals surface area contributed by atoms with Crippen molar-refractivity contribution in [2.45, 2.75) is 0 Å². The number of hydrogen-bond donors (Lipinski definition) is 2. The molecule has 0 unspecified atom stereocenters. The minimum absolute atomic E-state index is 0.377. The predicted molar refractivity (Wildman–Crippen MR) is 40.7 cm³/mol. The average Bonchev–Trinajstić information content (AvgIpc) is 2.14. The number of rotatable bonds is 1. The van der Waals surface area contributed by atoms with Gasteiger partial charge in [0, 0.05) is 18.7 Å². The van der Waals surface area contributed by atoms with E-state index in [4.69, 9.17) is 10.0 Å². The maximum atomic E-state index is 8.69. The molecule has 0 bridgehead atoms. The van der Waals surface area contributed by atoms with Crippen molar-refractivity contribution in [1.82, 2.24) is 9.78 Å². The number of aromatic nitrogens is 2. The van der Waals surface area contributed by atoms with Crippen molar-refractivity contribution in [3.8, 4) is 0 Å². The number of halogens is 1. The van der Waals surface area contributed by atoms with Crippen molar-refractivity contribution >= 4 is 28.5 Å². The summed E-state index contributed by atoms with van der Waals surface area (Å²) in [6, 6.07) is 0. The lowest BCUT2D eigenvalue weighted by Crippen LogP contribution is -2.29. The highest BCUT2D eigenvalue weighted by atomic mass is 79.9. The van der Waals surface area contributed by atoms with Gasteiger partial charge in [-0.15, -0.1) is 0 Å². The van der Waals surface area contributed by atoms with Crippen LogP contribution in [0.4, 0.5) is 0 Å². The molecule has 54 valence electrons. The second-order valence-corrected chi connectivity index (χ2v) is 2.64. The van der Waals surface area contributed by atoms with Crippen LogP contribution in [0, 0.1) is 0 Å². The third kappa shape index (κ3) is 1.23. The maximum Gasteiger partial charge on any atom is 0.492 e. The summed E-state index contributed by atoms with van der Waals surface area (Å²) in [6.07, 6.45) is 1.40. The van der Waals surface area contributed by atoms with Crippen LogP contribution in [0.25, 0.3) is 0 Å². The Hall–Kier alpha value is -0.325. The molecule has 10 heavy (non-hydrogen) atoms. The molecule has 0 aliphatic heterocycles. The minimum atomic E-state index is -1.46. The highest BCUT2D eigenvalue weighted by Crippen LogP contribution is 2.03. The molecule has 0 atom stereocenters. The van der Waals surface area contributed by atoms with E-state index in [2.05, 4.69) is 21.0 Å². The first-order valence-corrected chi connectivity index (χ1v) is 3.45. The minimum Gasteiger partial charge on any atom is -0.423 e. The lowest BCUT2D eigenvalue weighted by atomic mass is 9.83. The smallest absolute Gasteiger partial charge is 0.423 e. The monoisotopic (exact) mass is 204 g/mol. The first-order valence-electron chi connectivity index (χ1n) is 2.66. The Bertz CT molecular complexity index is 237. The van der Waals surface area contributed by atoms with Crippen LogP contribution in [0.15, 0.2) is 10.8 Å². The molecule has 1 aromatic rings. The number of hydrogen-bond acceptors (Lipinski definition) is 3. The summed E-state index contributed by atoms with van der Waals surface area (Å²) in [5.41, 5.74) is 0.377. The van der Waals surface area contributed by atoms with Crippen molar-refractivity contribution in [3.05, 3.63) is 10.8 Å². The Balaban J connectivity index is 3.05. The standard InChI is InChI=1S/C4H6BBrN2O2/c1-8-4(6)3(2-7-8)5(9)10/h2,9-10H,1H3. The van der Waals surface area contributed by atoms with Crippen molar-refractivity contribution in [2.75, 3.05) is 0 Å². The van der Waals surface area contributed by atoms with Gasteiger partial charge in [-0.25, -0.2) is 0 Å². The van der Waals surface area contributed by atoms with Crippen LogP contribution in [-0.2, 0) is 7.05 Å². The molecule has 0 radical (unpaired) electrons. The molecule has 0 spiro atoms. The topological polar surface area (TPSA) is 58.3 Å². The summed E-state index contributed by atoms with van der Waals surface area (Å²) in [4.78, 5) is 0. The normalized spacial score (nSPS) is 10.0. The molecule has 4 nitrogen and oxygen atoms in total. The van der Waals surface area contributed by atoms with Gasteiger partial charge in [0.25, 0.3) is 0 Å². The molecule has 1 aromatic heterocycles. The van der Waals surface area contributed by atoms with Gasteiger partial charge < -0.3 is 10.0 Å². The second-order valence-electron chi connectivity index (χ2n) is 1.89. The van der Waals surface area contributed by atoms with Crippen molar-refractivity contribution in [3.63, 3.8) is 0 Å². The Morgan fingerprint density at radius 2 is 2.30 bits per heavy atom. The highest BCUT2D eigenvalue weighted by molar-refractivity contribution is 9.10. The first-order chi connectivity index (χ1) is 4.63. The molecule has 0 aromatic carbocycles. The molecule has 6 heteroatoms. The third-order valence-electron chi connectivity index (χ3n) is 1.17. The zero-order valence-corrected chi connectivity index (χ0v) is 6.91. The molecular formula is C4H6BBrN2O2. The van der Waals surface area contributed by atoms with Gasteiger partial charge in [0.15, 0.2) is 0 Å². The SMILES string of the molecule is Cn1ncc(B(O)O)c1Br. The molecule has 0 fully saturated rings. The summed E-state index contributed by atoms with van der Waals surface area (Å²) in [7, 11) is 0.249. The molecule has 0 amide bonds. The summed E-state index contributed by atoms with van der Waals surface area (Å²) in [5, 5.41) is 21.2. The van der Waals surface area contributed by atoms with Crippen LogP contribution in [0.2, 0.25) is 0 Å². The van der Waals surface area contributed by atoms with Gasteiger partial charge in [-0.05, 0) is 15.9 Å². The molecule has 1 heterocycles. The van der Waals surface area contributed by atoms with Crippen LogP contribution >= 0.6 is 15.9 Å². The zero-order valence-electron chi connectivity index (χ0n) is 5.32. The molecule has 0 aliphatic carbocycles. The predicted octanol–water partition coefficient (Wildman–Crippen LogP) is -1.14. The molecule has 1 rings (SSSR count). The maximum absolute atomic E-state index is 8.69. The summed E-state index contributed by atoms with van der Waals surface area (Å²) in [5.74, 6) is 0. The Morgan fingerprint density at radius 1 is 1.70 bits per heavy atom. The van der Waals surface area contributed by atoms with Gasteiger partial charge in [-0.2, -0.15) is 5.10 Å². The lowest BCUT2D eigenvalue weighted by molar-refractivity contribution is 0.425. The quantitative estimate of drug-likeness (QED) is 0.569. The Kier molecular flexibility index (Phi) is 2.13. The van der Waals surface area contributed by atoms with E-state index in [0.29, 0.717) is 10.1 Å². The molecule has 2 N–H and O–H groups in total. The van der Waals surface area contributed by atoms with E-state index >= 15 is 0 Å². The van der Waals surface area contributed by atoms with Crippen LogP contribution in [-0.4, -0.2) is 26.9 Å². The summed E-state index contributed by atoms with van der Waals surface area (Å²) < 4.78 is 2.09. The van der Waals surface area contributed by atoms with Gasteiger partial charge in [0.05, 0.1) is 0 Å². The fourth-order valence-electron chi connectivity index (χ4n) is 0.613. The Morgan fingerprint density at radius 3 is 2.50 bits per heavy atom. The van der Waals surface area contributed by atoms with Crippen molar-refractivity contribution in [2.24, 2.45) is 7.05 Å². The van der Waals surface area contributed by atoms with E-state index in [1.807, 2.05) is 0 Å². The van der Waals surface area contributed by atoms with Crippen LogP contribution in [0.1, 0.15) is 0 Å². The third-order valence-corrected chi connectivity index (χ3v) is 2.14. The summed E-state index contributed by atoms with van der Waals surface area (Å²) in [6.45, 7) is 0. The van der Waals surface area contributed by atoms with E-state index in [-0.39, 0.29) is 0 Å². The van der Waals surface area contributed by atoms with Gasteiger partial charge in [0.1, 0.15) is 4.60 Å². The molecule has 0 saturated carbocycles. The molecular weight excluding hydrogens is 199 g/mol. The number of nitrogens with zero attached hydrogens (tertiary/aromatic N) is 2. The van der Waals surface area contributed by atoms with E-state index in [1.165, 1.54) is 10.9 Å². The zero-order chi connectivity index (χ0) is 7.72. The number of aryl methyl sites for hydroxylation is 1. The van der Waals surface area contributed by atoms with Gasteiger partial charge in [-0.3, -0.25) is 4.68 Å². The van der Waals surface area contributed by atoms with E-state index in [9.17, 15) is 0 Å². The van der Waals surface area contributed by atoms with Gasteiger partial charge >= 0.3 is 7.12 Å². The molecule has 0 saturated heterocycles. The van der Waals surface area contributed by atoms with E-state index < -0.39 is 7.12 Å². The lowest BCUT2D eigenvalue weighted by Gasteiger charge is -1.94. The van der Waals surface area contributed by atoms with Crippen molar-refractivity contribution in [1.29, 1.82) is 0 Å². The van der Waals surface area contributed by atoms with Gasteiger partial charge in [-0.1, -0.05) is 0 Å². The second kappa shape index (κ2) is 2.73. The molecule has 0 aliphatic rings. The van der Waals surface area contributed by atoms with E-state index in [0.717, 1.165) is 0 Å². The van der Waals surface area contributed by atoms with Crippen LogP contribution in [0.5, 0.6) is 0 Å². The first kappa shape index (κ1) is 7.78. The Labute approximate surface area is 66.8 Å². The fraction of sp³-hybridized carbons (Fsp3) is 0.250. The largest absolute Gasteiger partial charge is 0.492 e. The van der Waals surface area contributed by atoms with Gasteiger partial charge in [0.2, 0.25) is 0 Å². The van der Waals surface area contributed by atoms with Crippen LogP contribution in [0.3, 0.4) is 0 Å².